The topological polar surface area (TPSA) is 37.4 Å². The highest BCUT2D eigenvalue weighted by Crippen LogP contribution is 2.44. The molecule has 92 valence electrons. The normalized spacial score (nSPS) is 24.5. The van der Waals surface area contributed by atoms with Crippen molar-refractivity contribution in [2.24, 2.45) is 0 Å². The summed E-state index contributed by atoms with van der Waals surface area (Å²) < 4.78 is 0. The molecule has 3 heteroatoms. The van der Waals surface area contributed by atoms with Gasteiger partial charge in [-0.1, -0.05) is 0 Å². The van der Waals surface area contributed by atoms with E-state index in [2.05, 4.69) is 17.9 Å². The van der Waals surface area contributed by atoms with E-state index >= 15 is 0 Å². The lowest BCUT2D eigenvalue weighted by Gasteiger charge is -2.31. The summed E-state index contributed by atoms with van der Waals surface area (Å²) in [5.74, 6) is 0.455. The molecule has 0 radical (unpaired) electrons. The highest BCUT2D eigenvalue weighted by atomic mass is 16.1. The summed E-state index contributed by atoms with van der Waals surface area (Å²) in [6.45, 7) is 3.04. The Labute approximate surface area is 106 Å². The first-order chi connectivity index (χ1) is 8.66. The van der Waals surface area contributed by atoms with Crippen molar-refractivity contribution in [1.82, 2.24) is 0 Å². The quantitative estimate of drug-likeness (QED) is 0.698. The molecule has 0 aromatic heterocycles. The molecule has 1 aromatic rings. The van der Waals surface area contributed by atoms with Crippen molar-refractivity contribution in [3.63, 3.8) is 0 Å². The Hall–Kier alpha value is -1.64. The number of ketones is 2. The predicted molar refractivity (Wildman–Crippen MR) is 68.6 cm³/mol. The molecule has 1 unspecified atom stereocenters. The second-order valence-electron chi connectivity index (χ2n) is 5.63. The molecule has 18 heavy (non-hydrogen) atoms. The summed E-state index contributed by atoms with van der Waals surface area (Å²) >= 11 is 0. The minimum atomic E-state index is 0.216. The van der Waals surface area contributed by atoms with Crippen molar-refractivity contribution in [3.8, 4) is 0 Å². The molecule has 1 aromatic carbocycles. The number of Topliss-reactive ketones (excluding diaryl/α,β-unsaturated/α-hetero) is 2. The van der Waals surface area contributed by atoms with Crippen LogP contribution >= 0.6 is 0 Å². The van der Waals surface area contributed by atoms with Gasteiger partial charge in [0, 0.05) is 36.6 Å². The van der Waals surface area contributed by atoms with Crippen LogP contribution in [0.4, 0.5) is 5.69 Å². The molecule has 2 aliphatic heterocycles. The maximum atomic E-state index is 12.2. The van der Waals surface area contributed by atoms with E-state index in [0.717, 1.165) is 41.8 Å². The van der Waals surface area contributed by atoms with Crippen molar-refractivity contribution in [2.75, 3.05) is 11.4 Å². The van der Waals surface area contributed by atoms with Gasteiger partial charge < -0.3 is 4.90 Å². The minimum Gasteiger partial charge on any atom is -0.367 e. The molecule has 0 fully saturated rings. The lowest BCUT2D eigenvalue weighted by atomic mass is 9.91. The number of rotatable bonds is 0. The van der Waals surface area contributed by atoms with E-state index in [9.17, 15) is 9.59 Å². The van der Waals surface area contributed by atoms with Crippen LogP contribution in [0.3, 0.4) is 0 Å². The van der Waals surface area contributed by atoms with Crippen molar-refractivity contribution in [1.29, 1.82) is 0 Å². The first-order valence-electron chi connectivity index (χ1n) is 6.68. The van der Waals surface area contributed by atoms with E-state index in [1.807, 2.05) is 0 Å². The predicted octanol–water partition coefficient (Wildman–Crippen LogP) is 2.15. The fourth-order valence-corrected chi connectivity index (χ4v) is 3.76. The Balaban J connectivity index is 2.06. The van der Waals surface area contributed by atoms with Crippen LogP contribution in [-0.2, 0) is 12.8 Å². The maximum absolute atomic E-state index is 12.2. The van der Waals surface area contributed by atoms with Gasteiger partial charge in [0.05, 0.1) is 5.69 Å². The monoisotopic (exact) mass is 241 g/mol. The van der Waals surface area contributed by atoms with Gasteiger partial charge in [0.15, 0.2) is 11.6 Å². The zero-order valence-electron chi connectivity index (χ0n) is 10.5. The summed E-state index contributed by atoms with van der Waals surface area (Å²) in [4.78, 5) is 26.5. The minimum absolute atomic E-state index is 0.216. The zero-order chi connectivity index (χ0) is 12.4. The lowest BCUT2D eigenvalue weighted by Crippen LogP contribution is -2.35. The Bertz CT molecular complexity index is 603. The Morgan fingerprint density at radius 1 is 1.17 bits per heavy atom. The third kappa shape index (κ3) is 1.10. The molecule has 3 nitrogen and oxygen atoms in total. The van der Waals surface area contributed by atoms with Gasteiger partial charge >= 0.3 is 0 Å². The largest absolute Gasteiger partial charge is 0.367 e. The van der Waals surface area contributed by atoms with E-state index in [1.54, 1.807) is 0 Å². The van der Waals surface area contributed by atoms with Crippen LogP contribution < -0.4 is 4.90 Å². The summed E-state index contributed by atoms with van der Waals surface area (Å²) in [6, 6.07) is 2.52. The number of fused-ring (bicyclic) bond motifs is 2. The average molecular weight is 241 g/mol. The number of nitrogens with zero attached hydrogens (tertiary/aromatic N) is 1. The van der Waals surface area contributed by atoms with Gasteiger partial charge in [-0.25, -0.2) is 0 Å². The molecule has 0 bridgehead atoms. The molecule has 2 heterocycles. The van der Waals surface area contributed by atoms with Crippen molar-refractivity contribution in [3.05, 3.63) is 28.3 Å². The van der Waals surface area contributed by atoms with E-state index in [-0.39, 0.29) is 11.6 Å². The number of anilines is 1. The molecular formula is C15H15NO2. The van der Waals surface area contributed by atoms with Gasteiger partial charge in [0.25, 0.3) is 0 Å². The van der Waals surface area contributed by atoms with Crippen LogP contribution in [0.15, 0.2) is 6.07 Å². The smallest absolute Gasteiger partial charge is 0.167 e. The highest BCUT2D eigenvalue weighted by molar-refractivity contribution is 6.11. The molecule has 0 spiro atoms. The van der Waals surface area contributed by atoms with Gasteiger partial charge in [0.1, 0.15) is 0 Å². The number of hydrogen-bond donors (Lipinski definition) is 0. The Morgan fingerprint density at radius 3 is 2.83 bits per heavy atom. The molecule has 0 N–H and O–H groups in total. The molecule has 1 aliphatic carbocycles. The van der Waals surface area contributed by atoms with Gasteiger partial charge in [-0.2, -0.15) is 0 Å². The van der Waals surface area contributed by atoms with Gasteiger partial charge in [0.2, 0.25) is 0 Å². The summed E-state index contributed by atoms with van der Waals surface area (Å²) in [5.41, 5.74) is 5.09. The molecule has 3 aliphatic rings. The zero-order valence-corrected chi connectivity index (χ0v) is 10.5. The Morgan fingerprint density at radius 2 is 2.00 bits per heavy atom. The average Bonchev–Trinajstić information content (AvgIpc) is 2.86. The molecule has 1 atom stereocenters. The second-order valence-corrected chi connectivity index (χ2v) is 5.63. The van der Waals surface area contributed by atoms with Gasteiger partial charge in [-0.05, 0) is 37.0 Å². The summed E-state index contributed by atoms with van der Waals surface area (Å²) in [5, 5.41) is 0. The van der Waals surface area contributed by atoms with Crippen molar-refractivity contribution >= 4 is 17.3 Å². The molecule has 0 amide bonds. The Kier molecular flexibility index (Phi) is 1.84. The third-order valence-corrected chi connectivity index (χ3v) is 4.58. The number of carbonyl (C=O) groups is 2. The van der Waals surface area contributed by atoms with Gasteiger partial charge in [-0.3, -0.25) is 9.59 Å². The molecule has 0 saturated heterocycles. The second kappa shape index (κ2) is 3.22. The molecule has 4 rings (SSSR count). The maximum Gasteiger partial charge on any atom is 0.167 e. The number of benzene rings is 1. The summed E-state index contributed by atoms with van der Waals surface area (Å²) in [7, 11) is 0. The fraction of sp³-hybridized carbons (Fsp3) is 0.467. The van der Waals surface area contributed by atoms with Crippen molar-refractivity contribution < 1.29 is 9.59 Å². The molecule has 0 saturated carbocycles. The van der Waals surface area contributed by atoms with Crippen LogP contribution in [0.5, 0.6) is 0 Å². The lowest BCUT2D eigenvalue weighted by molar-refractivity contribution is 0.0976. The third-order valence-electron chi connectivity index (χ3n) is 4.58. The van der Waals surface area contributed by atoms with Crippen molar-refractivity contribution in [2.45, 2.75) is 38.6 Å². The van der Waals surface area contributed by atoms with E-state index < -0.39 is 0 Å². The summed E-state index contributed by atoms with van der Waals surface area (Å²) in [6.07, 6.45) is 2.90. The van der Waals surface area contributed by atoms with E-state index in [4.69, 9.17) is 0 Å². The van der Waals surface area contributed by atoms with E-state index in [0.29, 0.717) is 18.9 Å². The van der Waals surface area contributed by atoms with E-state index in [1.165, 1.54) is 5.56 Å². The van der Waals surface area contributed by atoms with Crippen LogP contribution in [0.2, 0.25) is 0 Å². The number of hydrogen-bond acceptors (Lipinski definition) is 3. The van der Waals surface area contributed by atoms with Crippen LogP contribution in [0.1, 0.15) is 51.6 Å². The first-order valence-corrected chi connectivity index (χ1v) is 6.68. The first kappa shape index (κ1) is 10.3. The standard InChI is InChI=1S/C15H15NO2/c1-8-6-9-7-11-10(2-3-12(11)17)14-13(18)4-5-16(8)15(9)14/h7-8H,2-6H2,1H3. The highest BCUT2D eigenvalue weighted by Gasteiger charge is 2.38. The van der Waals surface area contributed by atoms with Crippen LogP contribution in [0, 0.1) is 0 Å². The van der Waals surface area contributed by atoms with Crippen LogP contribution in [-0.4, -0.2) is 24.2 Å². The fourth-order valence-electron chi connectivity index (χ4n) is 3.76. The SMILES string of the molecule is CC1Cc2cc3c(c4c2N1CCC4=O)CCC3=O. The van der Waals surface area contributed by atoms with Crippen LogP contribution in [0.25, 0.3) is 0 Å². The number of carbonyl (C=O) groups excluding carboxylic acids is 2. The van der Waals surface area contributed by atoms with Gasteiger partial charge in [-0.15, -0.1) is 0 Å². The molecular weight excluding hydrogens is 226 g/mol.